The monoisotopic (exact) mass is 511 g/mol. The molecular weight excluding hydrogens is 474 g/mol. The van der Waals surface area contributed by atoms with Crippen LogP contribution in [0, 0.1) is 5.92 Å². The Balaban J connectivity index is 1.38. The maximum Gasteiger partial charge on any atom is 0.318 e. The number of aromatic nitrogens is 1. The van der Waals surface area contributed by atoms with Crippen LogP contribution < -0.4 is 10.1 Å². The summed E-state index contributed by atoms with van der Waals surface area (Å²) < 4.78 is 5.47. The van der Waals surface area contributed by atoms with Crippen molar-refractivity contribution in [3.63, 3.8) is 0 Å². The second kappa shape index (κ2) is 10.6. The normalized spacial score (nSPS) is 18.5. The third-order valence-electron chi connectivity index (χ3n) is 7.62. The van der Waals surface area contributed by atoms with E-state index in [1.165, 1.54) is 16.7 Å². The Morgan fingerprint density at radius 1 is 1.11 bits per heavy atom. The number of rotatable bonds is 7. The molecular formula is C32H37N3O3. The smallest absolute Gasteiger partial charge is 0.318 e. The number of hydrogen-bond donors (Lipinski definition) is 1. The van der Waals surface area contributed by atoms with Crippen molar-refractivity contribution in [2.75, 3.05) is 13.7 Å². The SMILES string of the molecule is COc1cccc(-c2ccc(CCC(=O)C3CC3c3cccnc3)c3c2CCN(C(=O)NC(C)(C)C)C3)c1. The van der Waals surface area contributed by atoms with Gasteiger partial charge < -0.3 is 15.0 Å². The Hall–Kier alpha value is -3.67. The summed E-state index contributed by atoms with van der Waals surface area (Å²) in [5.74, 6) is 1.54. The van der Waals surface area contributed by atoms with Gasteiger partial charge >= 0.3 is 6.03 Å². The van der Waals surface area contributed by atoms with E-state index >= 15 is 0 Å². The summed E-state index contributed by atoms with van der Waals surface area (Å²) in [5.41, 5.74) is 6.73. The first-order valence-electron chi connectivity index (χ1n) is 13.5. The average molecular weight is 512 g/mol. The zero-order chi connectivity index (χ0) is 26.9. The van der Waals surface area contributed by atoms with Gasteiger partial charge in [-0.05, 0) is 97.5 Å². The van der Waals surface area contributed by atoms with E-state index in [0.29, 0.717) is 37.6 Å². The molecule has 0 spiro atoms. The molecule has 0 bridgehead atoms. The summed E-state index contributed by atoms with van der Waals surface area (Å²) in [4.78, 5) is 32.3. The van der Waals surface area contributed by atoms with Gasteiger partial charge in [0, 0.05) is 43.4 Å². The lowest BCUT2D eigenvalue weighted by Gasteiger charge is -2.34. The first-order chi connectivity index (χ1) is 18.2. The van der Waals surface area contributed by atoms with Gasteiger partial charge in [0.05, 0.1) is 7.11 Å². The van der Waals surface area contributed by atoms with E-state index < -0.39 is 0 Å². The minimum atomic E-state index is -0.301. The number of pyridine rings is 1. The molecule has 38 heavy (non-hydrogen) atoms. The fourth-order valence-corrected chi connectivity index (χ4v) is 5.57. The topological polar surface area (TPSA) is 71.5 Å². The van der Waals surface area contributed by atoms with Crippen molar-refractivity contribution in [1.29, 1.82) is 0 Å². The van der Waals surface area contributed by atoms with Crippen molar-refractivity contribution in [3.05, 3.63) is 83.2 Å². The molecule has 1 aliphatic carbocycles. The Labute approximate surface area is 225 Å². The lowest BCUT2D eigenvalue weighted by molar-refractivity contribution is -0.120. The predicted octanol–water partition coefficient (Wildman–Crippen LogP) is 5.93. The van der Waals surface area contributed by atoms with Crippen LogP contribution in [0.25, 0.3) is 11.1 Å². The number of aryl methyl sites for hydroxylation is 1. The summed E-state index contributed by atoms with van der Waals surface area (Å²) in [6, 6.07) is 16.4. The fourth-order valence-electron chi connectivity index (χ4n) is 5.57. The highest BCUT2D eigenvalue weighted by Gasteiger charge is 2.43. The number of Topliss-reactive ketones (excluding diaryl/α,β-unsaturated/α-hetero) is 1. The molecule has 1 saturated carbocycles. The summed E-state index contributed by atoms with van der Waals surface area (Å²) in [7, 11) is 1.68. The maximum absolute atomic E-state index is 13.1. The number of urea groups is 1. The van der Waals surface area contributed by atoms with Gasteiger partial charge in [-0.3, -0.25) is 9.78 Å². The first kappa shape index (κ1) is 26.0. The standard InChI is InChI=1S/C32H37N3O3/c1-32(2,3)34-31(37)35-16-14-26-25(22-7-5-9-24(17-22)38-4)12-10-21(29(26)20-35)11-13-30(36)28-18-27(28)23-8-6-15-33-19-23/h5-10,12,15,17,19,27-28H,11,13-14,16,18,20H2,1-4H3,(H,34,37). The number of fused-ring (bicyclic) bond motifs is 1. The third-order valence-corrected chi connectivity index (χ3v) is 7.62. The summed E-state index contributed by atoms with van der Waals surface area (Å²) >= 11 is 0. The molecule has 2 aliphatic rings. The Bertz CT molecular complexity index is 1330. The largest absolute Gasteiger partial charge is 0.497 e. The predicted molar refractivity (Wildman–Crippen MR) is 149 cm³/mol. The number of hydrogen-bond acceptors (Lipinski definition) is 4. The summed E-state index contributed by atoms with van der Waals surface area (Å²) in [5, 5.41) is 3.11. The van der Waals surface area contributed by atoms with Crippen LogP contribution in [-0.2, 0) is 24.2 Å². The van der Waals surface area contributed by atoms with Crippen LogP contribution in [0.15, 0.2) is 60.9 Å². The molecule has 1 fully saturated rings. The van der Waals surface area contributed by atoms with Crippen LogP contribution in [0.1, 0.15) is 61.8 Å². The van der Waals surface area contributed by atoms with E-state index in [4.69, 9.17) is 4.74 Å². The molecule has 2 atom stereocenters. The Kier molecular flexibility index (Phi) is 7.24. The quantitative estimate of drug-likeness (QED) is 0.427. The molecule has 6 heteroatoms. The van der Waals surface area contributed by atoms with Crippen molar-refractivity contribution < 1.29 is 14.3 Å². The zero-order valence-electron chi connectivity index (χ0n) is 22.8. The molecule has 2 heterocycles. The van der Waals surface area contributed by atoms with E-state index in [2.05, 4.69) is 40.6 Å². The second-order valence-electron chi connectivity index (χ2n) is 11.5. The minimum absolute atomic E-state index is 0.0470. The van der Waals surface area contributed by atoms with E-state index in [-0.39, 0.29) is 17.5 Å². The highest BCUT2D eigenvalue weighted by atomic mass is 16.5. The lowest BCUT2D eigenvalue weighted by Crippen LogP contribution is -2.50. The second-order valence-corrected chi connectivity index (χ2v) is 11.5. The number of carbonyl (C=O) groups is 2. The molecule has 1 aromatic heterocycles. The first-order valence-corrected chi connectivity index (χ1v) is 13.5. The van der Waals surface area contributed by atoms with Crippen molar-refractivity contribution in [1.82, 2.24) is 15.2 Å². The number of carbonyl (C=O) groups excluding carboxylic acids is 2. The number of benzene rings is 2. The zero-order valence-corrected chi connectivity index (χ0v) is 22.8. The number of nitrogens with one attached hydrogen (secondary N) is 1. The van der Waals surface area contributed by atoms with Gasteiger partial charge in [0.15, 0.2) is 0 Å². The highest BCUT2D eigenvalue weighted by molar-refractivity contribution is 5.85. The van der Waals surface area contributed by atoms with Gasteiger partial charge in [-0.1, -0.05) is 30.3 Å². The number of nitrogens with zero attached hydrogens (tertiary/aromatic N) is 2. The minimum Gasteiger partial charge on any atom is -0.497 e. The van der Waals surface area contributed by atoms with Gasteiger partial charge in [0.25, 0.3) is 0 Å². The van der Waals surface area contributed by atoms with Crippen LogP contribution in [0.2, 0.25) is 0 Å². The van der Waals surface area contributed by atoms with Gasteiger partial charge in [0.1, 0.15) is 11.5 Å². The molecule has 1 aliphatic heterocycles. The Morgan fingerprint density at radius 3 is 2.68 bits per heavy atom. The molecule has 0 radical (unpaired) electrons. The molecule has 1 N–H and O–H groups in total. The number of ether oxygens (including phenoxy) is 1. The number of amides is 2. The molecule has 2 unspecified atom stereocenters. The van der Waals surface area contributed by atoms with Gasteiger partial charge in [-0.15, -0.1) is 0 Å². The maximum atomic E-state index is 13.1. The molecule has 3 aromatic rings. The van der Waals surface area contributed by atoms with Crippen LogP contribution in [-0.4, -0.2) is 40.9 Å². The number of ketones is 1. The molecule has 0 saturated heterocycles. The summed E-state index contributed by atoms with van der Waals surface area (Å²) in [6.07, 6.45) is 6.53. The third kappa shape index (κ3) is 5.74. The van der Waals surface area contributed by atoms with E-state index in [1.807, 2.05) is 50.1 Å². The molecule has 5 rings (SSSR count). The highest BCUT2D eigenvalue weighted by Crippen LogP contribution is 2.48. The fraction of sp³-hybridized carbons (Fsp3) is 0.406. The average Bonchev–Trinajstić information content (AvgIpc) is 3.72. The number of methoxy groups -OCH3 is 1. The molecule has 2 aromatic carbocycles. The van der Waals surface area contributed by atoms with Crippen molar-refractivity contribution in [2.24, 2.45) is 5.92 Å². The lowest BCUT2D eigenvalue weighted by atomic mass is 9.86. The van der Waals surface area contributed by atoms with Crippen molar-refractivity contribution in [3.8, 4) is 16.9 Å². The molecule has 2 amide bonds. The van der Waals surface area contributed by atoms with Gasteiger partial charge in [-0.25, -0.2) is 4.79 Å². The van der Waals surface area contributed by atoms with Gasteiger partial charge in [-0.2, -0.15) is 0 Å². The van der Waals surface area contributed by atoms with E-state index in [1.54, 1.807) is 13.3 Å². The van der Waals surface area contributed by atoms with Gasteiger partial charge in [0.2, 0.25) is 0 Å². The Morgan fingerprint density at radius 2 is 1.95 bits per heavy atom. The van der Waals surface area contributed by atoms with Crippen molar-refractivity contribution >= 4 is 11.8 Å². The van der Waals surface area contributed by atoms with Crippen molar-refractivity contribution in [2.45, 2.75) is 64.5 Å². The van der Waals surface area contributed by atoms with Crippen LogP contribution in [0.5, 0.6) is 5.75 Å². The van der Waals surface area contributed by atoms with E-state index in [9.17, 15) is 9.59 Å². The van der Waals surface area contributed by atoms with E-state index in [0.717, 1.165) is 35.3 Å². The van der Waals surface area contributed by atoms with Crippen LogP contribution >= 0.6 is 0 Å². The molecule has 6 nitrogen and oxygen atoms in total. The van der Waals surface area contributed by atoms with Crippen LogP contribution in [0.4, 0.5) is 4.79 Å². The molecule has 198 valence electrons. The van der Waals surface area contributed by atoms with Crippen LogP contribution in [0.3, 0.4) is 0 Å². The summed E-state index contributed by atoms with van der Waals surface area (Å²) in [6.45, 7) is 7.19.